The van der Waals surface area contributed by atoms with Gasteiger partial charge in [0.2, 0.25) is 5.91 Å². The van der Waals surface area contributed by atoms with E-state index in [0.717, 1.165) is 38.5 Å². The van der Waals surface area contributed by atoms with Gasteiger partial charge in [-0.15, -0.1) is 0 Å². The second-order valence-electron chi connectivity index (χ2n) is 12.2. The van der Waals surface area contributed by atoms with Crippen molar-refractivity contribution in [1.82, 2.24) is 5.32 Å². The van der Waals surface area contributed by atoms with Gasteiger partial charge in [0.15, 0.2) is 0 Å². The first-order valence-electron chi connectivity index (χ1n) is 17.2. The molecule has 0 aliphatic rings. The molecule has 1 amide bonds. The van der Waals surface area contributed by atoms with Crippen molar-refractivity contribution >= 4 is 16.0 Å². The largest absolute Gasteiger partial charge is 0.391 e. The van der Waals surface area contributed by atoms with Crippen LogP contribution in [0.3, 0.4) is 0 Å². The highest BCUT2D eigenvalue weighted by Gasteiger charge is 2.26. The summed E-state index contributed by atoms with van der Waals surface area (Å²) in [5, 5.41) is 13.2. The number of hydrogen-bond donors (Lipinski definition) is 3. The summed E-state index contributed by atoms with van der Waals surface area (Å²) in [7, 11) is -4.29. The van der Waals surface area contributed by atoms with Gasteiger partial charge in [-0.25, -0.2) is 0 Å². The Kier molecular flexibility index (Phi) is 28.0. The number of carbonyl (C=O) groups is 1. The van der Waals surface area contributed by atoms with Crippen LogP contribution in [0.2, 0.25) is 0 Å². The summed E-state index contributed by atoms with van der Waals surface area (Å²) >= 11 is 0. The molecule has 2 unspecified atom stereocenters. The zero-order valence-corrected chi connectivity index (χ0v) is 27.3. The van der Waals surface area contributed by atoms with Crippen molar-refractivity contribution in [2.45, 2.75) is 199 Å². The van der Waals surface area contributed by atoms with Crippen molar-refractivity contribution in [2.75, 3.05) is 5.75 Å². The number of unbranched alkanes of at least 4 members (excludes halogenated alkanes) is 23. The Morgan fingerprint density at radius 2 is 0.900 bits per heavy atom. The third-order valence-electron chi connectivity index (χ3n) is 8.06. The molecule has 0 saturated carbocycles. The Balaban J connectivity index is 3.79. The van der Waals surface area contributed by atoms with Crippen molar-refractivity contribution in [3.8, 4) is 0 Å². The third-order valence-corrected chi connectivity index (χ3v) is 8.84. The lowest BCUT2D eigenvalue weighted by Crippen LogP contribution is -2.47. The van der Waals surface area contributed by atoms with Crippen LogP contribution in [0.1, 0.15) is 187 Å². The highest BCUT2D eigenvalue weighted by molar-refractivity contribution is 7.85. The van der Waals surface area contributed by atoms with Gasteiger partial charge in [0, 0.05) is 6.42 Å². The second kappa shape index (κ2) is 28.5. The predicted molar refractivity (Wildman–Crippen MR) is 170 cm³/mol. The Labute approximate surface area is 249 Å². The fourth-order valence-corrected chi connectivity index (χ4v) is 6.21. The number of carbonyl (C=O) groups excluding carboxylic acids is 1. The fraction of sp³-hybridized carbons (Fsp3) is 0.970. The molecule has 240 valence electrons. The molecular formula is C33H67NO5S. The standard InChI is InChI=1S/C33H67NO5S/c1-3-5-7-9-11-12-13-14-15-16-17-18-19-20-21-23-25-27-29-33(36)34-31(30-40(37,38)39)32(35)28-26-24-22-10-8-6-4-2/h31-32,35H,3-30H2,1-2H3,(H,34,36)(H,37,38,39). The molecule has 0 aliphatic heterocycles. The molecule has 0 aromatic carbocycles. The van der Waals surface area contributed by atoms with E-state index < -0.39 is 28.0 Å². The van der Waals surface area contributed by atoms with Crippen LogP contribution in [-0.2, 0) is 14.9 Å². The van der Waals surface area contributed by atoms with Gasteiger partial charge in [0.25, 0.3) is 10.1 Å². The SMILES string of the molecule is CCCCCCCCCCCCCCCCCCCCC(=O)NC(CS(=O)(=O)O)C(O)CCCCCCCCC. The van der Waals surface area contributed by atoms with Crippen LogP contribution in [0.5, 0.6) is 0 Å². The molecule has 0 aliphatic carbocycles. The Morgan fingerprint density at radius 3 is 1.25 bits per heavy atom. The minimum absolute atomic E-state index is 0.247. The molecule has 2 atom stereocenters. The van der Waals surface area contributed by atoms with Gasteiger partial charge >= 0.3 is 0 Å². The molecule has 7 heteroatoms. The van der Waals surface area contributed by atoms with Crippen molar-refractivity contribution in [2.24, 2.45) is 0 Å². The molecule has 0 aromatic rings. The molecule has 0 spiro atoms. The normalized spacial score (nSPS) is 13.4. The molecule has 3 N–H and O–H groups in total. The smallest absolute Gasteiger partial charge is 0.266 e. The molecule has 0 heterocycles. The summed E-state index contributed by atoms with van der Waals surface area (Å²) in [6.07, 6.45) is 30.7. The second-order valence-corrected chi connectivity index (χ2v) is 13.7. The topological polar surface area (TPSA) is 104 Å². The maximum Gasteiger partial charge on any atom is 0.266 e. The van der Waals surface area contributed by atoms with Gasteiger partial charge in [-0.3, -0.25) is 9.35 Å². The molecule has 40 heavy (non-hydrogen) atoms. The molecular weight excluding hydrogens is 522 g/mol. The number of hydrogen-bond acceptors (Lipinski definition) is 4. The lowest BCUT2D eigenvalue weighted by Gasteiger charge is -2.23. The van der Waals surface area contributed by atoms with Crippen LogP contribution >= 0.6 is 0 Å². The van der Waals surface area contributed by atoms with Gasteiger partial charge in [-0.1, -0.05) is 168 Å². The van der Waals surface area contributed by atoms with Crippen LogP contribution in [0.4, 0.5) is 0 Å². The number of aliphatic hydroxyl groups is 1. The molecule has 0 fully saturated rings. The van der Waals surface area contributed by atoms with Crippen LogP contribution in [0.25, 0.3) is 0 Å². The summed E-state index contributed by atoms with van der Waals surface area (Å²) in [6, 6.07) is -0.960. The van der Waals surface area contributed by atoms with Gasteiger partial charge < -0.3 is 10.4 Å². The van der Waals surface area contributed by atoms with Crippen LogP contribution in [-0.4, -0.2) is 41.9 Å². The van der Waals surface area contributed by atoms with E-state index in [0.29, 0.717) is 12.8 Å². The van der Waals surface area contributed by atoms with E-state index in [1.807, 2.05) is 0 Å². The third kappa shape index (κ3) is 28.9. The highest BCUT2D eigenvalue weighted by atomic mass is 32.2. The first-order chi connectivity index (χ1) is 19.3. The van der Waals surface area contributed by atoms with E-state index in [-0.39, 0.29) is 5.91 Å². The minimum Gasteiger partial charge on any atom is -0.391 e. The zero-order chi connectivity index (χ0) is 29.7. The fourth-order valence-electron chi connectivity index (χ4n) is 5.45. The summed E-state index contributed by atoms with van der Waals surface area (Å²) in [6.45, 7) is 4.45. The number of rotatable bonds is 31. The van der Waals surface area contributed by atoms with Crippen LogP contribution in [0, 0.1) is 0 Å². The summed E-state index contributed by atoms with van der Waals surface area (Å²) < 4.78 is 32.2. The van der Waals surface area contributed by atoms with Crippen LogP contribution < -0.4 is 5.32 Å². The van der Waals surface area contributed by atoms with Crippen molar-refractivity contribution in [3.05, 3.63) is 0 Å². The molecule has 6 nitrogen and oxygen atoms in total. The first kappa shape index (κ1) is 39.3. The van der Waals surface area contributed by atoms with E-state index in [2.05, 4.69) is 19.2 Å². The lowest BCUT2D eigenvalue weighted by molar-refractivity contribution is -0.122. The van der Waals surface area contributed by atoms with Crippen LogP contribution in [0.15, 0.2) is 0 Å². The molecule has 0 saturated heterocycles. The van der Waals surface area contributed by atoms with Gasteiger partial charge in [-0.2, -0.15) is 8.42 Å². The lowest BCUT2D eigenvalue weighted by atomic mass is 10.0. The van der Waals surface area contributed by atoms with E-state index in [9.17, 15) is 22.9 Å². The Morgan fingerprint density at radius 1 is 0.575 bits per heavy atom. The van der Waals surface area contributed by atoms with E-state index >= 15 is 0 Å². The van der Waals surface area contributed by atoms with Gasteiger partial charge in [-0.05, 0) is 12.8 Å². The zero-order valence-electron chi connectivity index (χ0n) is 26.5. The Bertz CT molecular complexity index is 655. The number of aliphatic hydroxyl groups excluding tert-OH is 1. The predicted octanol–water partition coefficient (Wildman–Crippen LogP) is 9.29. The summed E-state index contributed by atoms with van der Waals surface area (Å²) in [4.78, 5) is 12.4. The molecule has 0 aromatic heterocycles. The Hall–Kier alpha value is -0.660. The molecule has 0 radical (unpaired) electrons. The van der Waals surface area contributed by atoms with Gasteiger partial charge in [0.1, 0.15) is 0 Å². The van der Waals surface area contributed by atoms with Crippen molar-refractivity contribution in [3.63, 3.8) is 0 Å². The molecule has 0 rings (SSSR count). The summed E-state index contributed by atoms with van der Waals surface area (Å²) in [5.74, 6) is -0.890. The molecule has 0 bridgehead atoms. The first-order valence-corrected chi connectivity index (χ1v) is 18.8. The number of nitrogens with one attached hydrogen (secondary N) is 1. The quantitative estimate of drug-likeness (QED) is 0.0552. The van der Waals surface area contributed by atoms with Gasteiger partial charge in [0.05, 0.1) is 17.9 Å². The van der Waals surface area contributed by atoms with Crippen molar-refractivity contribution < 1.29 is 22.9 Å². The van der Waals surface area contributed by atoms with E-state index in [1.165, 1.54) is 122 Å². The highest BCUT2D eigenvalue weighted by Crippen LogP contribution is 2.15. The monoisotopic (exact) mass is 589 g/mol. The van der Waals surface area contributed by atoms with Crippen molar-refractivity contribution in [1.29, 1.82) is 0 Å². The van der Waals surface area contributed by atoms with E-state index in [4.69, 9.17) is 0 Å². The average molecular weight is 590 g/mol. The van der Waals surface area contributed by atoms with E-state index in [1.54, 1.807) is 0 Å². The number of amides is 1. The maximum absolute atomic E-state index is 12.4. The maximum atomic E-state index is 12.4. The minimum atomic E-state index is -4.29. The summed E-state index contributed by atoms with van der Waals surface area (Å²) in [5.41, 5.74) is 0. The average Bonchev–Trinajstić information content (AvgIpc) is 2.90.